The number of rotatable bonds is 26. The van der Waals surface area contributed by atoms with E-state index in [0.29, 0.717) is 35.3 Å². The first-order valence-electron chi connectivity index (χ1n) is 16.6. The van der Waals surface area contributed by atoms with Crippen molar-refractivity contribution in [2.75, 3.05) is 64.4 Å². The molecule has 0 saturated heterocycles. The fourth-order valence-corrected chi connectivity index (χ4v) is 6.19. The standard InChI is InChI=1S/C30H36N12O15S4/c1-17(15-43)34-28-38-25(31-8-10-58-56-54-46)39-30(42-28)36-21-7-5-19(24(13-21)61(51,52)53)3-2-18-4-6-20(12-23(18)59-57-55-47)35-29-40-26(32-9-11-60(48,49)50)37-27(41-29)33-14-22(45)16-44/h2-8,12-13,22,43-47H,1,9-11,14-16H2,(H,48,49,50)(H,51,52,53)(H2,34,36,38,39,42)(H3,32,33,35,37,40,41)/b3-2?,31-8-. The van der Waals surface area contributed by atoms with Crippen LogP contribution < -0.4 is 26.6 Å². The van der Waals surface area contributed by atoms with Crippen molar-refractivity contribution in [3.05, 3.63) is 59.8 Å². The zero-order valence-corrected chi connectivity index (χ0v) is 34.1. The number of nitrogens with zero attached hydrogens (tertiary/aromatic N) is 7. The van der Waals surface area contributed by atoms with Gasteiger partial charge in [0.1, 0.15) is 4.90 Å². The Morgan fingerprint density at radius 2 is 1.43 bits per heavy atom. The Morgan fingerprint density at radius 1 is 0.820 bits per heavy atom. The van der Waals surface area contributed by atoms with Crippen LogP contribution in [0.3, 0.4) is 0 Å². The van der Waals surface area contributed by atoms with E-state index in [0.717, 1.165) is 6.07 Å². The Balaban J connectivity index is 1.62. The average Bonchev–Trinajstić information content (AvgIpc) is 3.20. The zero-order valence-electron chi connectivity index (χ0n) is 30.9. The molecule has 0 amide bonds. The van der Waals surface area contributed by atoms with Gasteiger partial charge in [0, 0.05) is 53.3 Å². The number of hydrogen-bond acceptors (Lipinski definition) is 27. The molecule has 27 nitrogen and oxygen atoms in total. The van der Waals surface area contributed by atoms with Crippen LogP contribution in [0.4, 0.5) is 47.1 Å². The molecular weight excluding hydrogens is 897 g/mol. The van der Waals surface area contributed by atoms with Gasteiger partial charge in [-0.15, -0.1) is 8.67 Å². The summed E-state index contributed by atoms with van der Waals surface area (Å²) in [6, 6.07) is 8.48. The van der Waals surface area contributed by atoms with Crippen LogP contribution >= 0.6 is 24.1 Å². The van der Waals surface area contributed by atoms with Gasteiger partial charge in [-0.25, -0.2) is 15.5 Å². The lowest BCUT2D eigenvalue weighted by atomic mass is 10.1. The van der Waals surface area contributed by atoms with E-state index in [9.17, 15) is 31.6 Å². The van der Waals surface area contributed by atoms with Crippen molar-refractivity contribution >= 4 is 110 Å². The fraction of sp³-hybridized carbons (Fsp3) is 0.233. The van der Waals surface area contributed by atoms with E-state index in [1.165, 1.54) is 42.6 Å². The zero-order chi connectivity index (χ0) is 44.4. The number of benzene rings is 2. The average molecular weight is 933 g/mol. The lowest BCUT2D eigenvalue weighted by Gasteiger charge is -2.13. The summed E-state index contributed by atoms with van der Waals surface area (Å²) in [7, 11) is -9.17. The summed E-state index contributed by atoms with van der Waals surface area (Å²) in [6.07, 6.45) is 2.96. The van der Waals surface area contributed by atoms with Gasteiger partial charge in [0.25, 0.3) is 26.2 Å². The summed E-state index contributed by atoms with van der Waals surface area (Å²) in [4.78, 5) is 28.6. The number of anilines is 7. The van der Waals surface area contributed by atoms with Crippen LogP contribution in [0.25, 0.3) is 12.2 Å². The molecule has 1 atom stereocenters. The number of aliphatic hydroxyl groups excluding tert-OH is 3. The Morgan fingerprint density at radius 3 is 2.08 bits per heavy atom. The SMILES string of the molecule is C=C(CO)Nc1nc(/N=C\CSOOO)nc(Nc2ccc(C=Cc3ccc(Nc4nc(NCCS(=O)(=O)O)nc(NCC(O)CO)n4)cc3SOOO)c(S(=O)(=O)O)c2)n1. The third-order valence-corrected chi connectivity index (χ3v) is 9.66. The number of nitrogens with one attached hydrogen (secondary N) is 5. The summed E-state index contributed by atoms with van der Waals surface area (Å²) in [5, 5.41) is 66.4. The summed E-state index contributed by atoms with van der Waals surface area (Å²) in [5.41, 5.74) is 0.926. The van der Waals surface area contributed by atoms with Crippen molar-refractivity contribution in [3.63, 3.8) is 0 Å². The molecule has 0 aliphatic rings. The molecular formula is C30H36N12O15S4. The van der Waals surface area contributed by atoms with E-state index in [-0.39, 0.29) is 76.4 Å². The van der Waals surface area contributed by atoms with Crippen molar-refractivity contribution < 1.29 is 70.5 Å². The van der Waals surface area contributed by atoms with Crippen molar-refractivity contribution in [1.82, 2.24) is 29.9 Å². The van der Waals surface area contributed by atoms with E-state index in [2.05, 4.69) is 86.8 Å². The van der Waals surface area contributed by atoms with Gasteiger partial charge < -0.3 is 41.9 Å². The minimum absolute atomic E-state index is 0.0187. The highest BCUT2D eigenvalue weighted by Gasteiger charge is 2.17. The second-order valence-electron chi connectivity index (χ2n) is 11.4. The molecule has 0 fully saturated rings. The van der Waals surface area contributed by atoms with E-state index in [1.807, 2.05) is 0 Å². The Kier molecular flexibility index (Phi) is 18.8. The van der Waals surface area contributed by atoms with Gasteiger partial charge in [-0.3, -0.25) is 9.11 Å². The molecule has 4 rings (SSSR count). The van der Waals surface area contributed by atoms with Gasteiger partial charge in [-0.05, 0) is 35.4 Å². The Labute approximate surface area is 354 Å². The summed E-state index contributed by atoms with van der Waals surface area (Å²) >= 11 is 1.23. The van der Waals surface area contributed by atoms with E-state index >= 15 is 0 Å². The molecule has 31 heteroatoms. The molecule has 2 heterocycles. The molecule has 1 unspecified atom stereocenters. The third-order valence-electron chi connectivity index (χ3n) is 6.93. The molecule has 2 aromatic carbocycles. The molecule has 4 aromatic rings. The van der Waals surface area contributed by atoms with Gasteiger partial charge in [0.15, 0.2) is 0 Å². The first-order valence-corrected chi connectivity index (χ1v) is 21.3. The van der Waals surface area contributed by atoms with Crippen LogP contribution in [0.2, 0.25) is 0 Å². The predicted molar refractivity (Wildman–Crippen MR) is 220 cm³/mol. The second kappa shape index (κ2) is 23.7. The van der Waals surface area contributed by atoms with Crippen molar-refractivity contribution in [1.29, 1.82) is 0 Å². The highest BCUT2D eigenvalue weighted by Crippen LogP contribution is 2.31. The van der Waals surface area contributed by atoms with Crippen LogP contribution in [0.15, 0.2) is 63.5 Å². The number of aliphatic imine (C=N–C) groups is 1. The normalized spacial score (nSPS) is 12.4. The van der Waals surface area contributed by atoms with Gasteiger partial charge in [-0.1, -0.05) is 40.9 Å². The number of aromatic nitrogens is 6. The maximum Gasteiger partial charge on any atom is 0.295 e. The number of hydrogen-bond donors (Lipinski definition) is 12. The third kappa shape index (κ3) is 17.0. The summed E-state index contributed by atoms with van der Waals surface area (Å²) in [5.74, 6) is -1.25. The van der Waals surface area contributed by atoms with E-state index < -0.39 is 50.2 Å². The predicted octanol–water partition coefficient (Wildman–Crippen LogP) is 2.14. The number of aliphatic hydroxyl groups is 3. The van der Waals surface area contributed by atoms with Crippen molar-refractivity contribution in [3.8, 4) is 0 Å². The van der Waals surface area contributed by atoms with Crippen LogP contribution in [-0.2, 0) is 39.0 Å². The van der Waals surface area contributed by atoms with Crippen LogP contribution in [0.1, 0.15) is 11.1 Å². The smallest absolute Gasteiger partial charge is 0.295 e. The molecule has 2 aromatic heterocycles. The molecule has 0 bridgehead atoms. The molecule has 0 radical (unpaired) electrons. The molecule has 0 spiro atoms. The molecule has 61 heavy (non-hydrogen) atoms. The molecule has 0 saturated carbocycles. The minimum Gasteiger partial charge on any atom is -0.394 e. The Hall–Kier alpha value is -5.23. The highest BCUT2D eigenvalue weighted by molar-refractivity contribution is 7.95. The molecule has 330 valence electrons. The molecule has 12 N–H and O–H groups in total. The lowest BCUT2D eigenvalue weighted by molar-refractivity contribution is -0.432. The summed E-state index contributed by atoms with van der Waals surface area (Å²) in [6.45, 7) is 2.15. The fourth-order valence-electron chi connectivity index (χ4n) is 4.37. The van der Waals surface area contributed by atoms with Crippen molar-refractivity contribution in [2.45, 2.75) is 15.9 Å². The quantitative estimate of drug-likeness (QED) is 0.00816. The van der Waals surface area contributed by atoms with Gasteiger partial charge in [0.2, 0.25) is 29.7 Å². The second-order valence-corrected chi connectivity index (χ2v) is 15.8. The maximum absolute atomic E-state index is 12.6. The van der Waals surface area contributed by atoms with Crippen LogP contribution in [-0.4, -0.2) is 132 Å². The Bertz CT molecular complexity index is 2400. The first-order chi connectivity index (χ1) is 29.1. The summed E-state index contributed by atoms with van der Waals surface area (Å²) < 4.78 is 75.7. The van der Waals surface area contributed by atoms with Crippen LogP contribution in [0, 0.1) is 0 Å². The van der Waals surface area contributed by atoms with Crippen molar-refractivity contribution in [2.24, 2.45) is 4.99 Å². The molecule has 0 aliphatic heterocycles. The van der Waals surface area contributed by atoms with Gasteiger partial charge in [0.05, 0.1) is 42.9 Å². The lowest BCUT2D eigenvalue weighted by Crippen LogP contribution is -2.24. The molecule has 0 aliphatic carbocycles. The monoisotopic (exact) mass is 932 g/mol. The van der Waals surface area contributed by atoms with Gasteiger partial charge >= 0.3 is 0 Å². The van der Waals surface area contributed by atoms with E-state index in [1.54, 1.807) is 6.07 Å². The first kappa shape index (κ1) is 48.4. The van der Waals surface area contributed by atoms with Gasteiger partial charge in [-0.2, -0.15) is 46.7 Å². The maximum atomic E-state index is 12.6. The topological polar surface area (TPSA) is 397 Å². The van der Waals surface area contributed by atoms with E-state index in [4.69, 9.17) is 20.2 Å². The largest absolute Gasteiger partial charge is 0.394 e. The highest BCUT2D eigenvalue weighted by atomic mass is 32.2. The van der Waals surface area contributed by atoms with Crippen LogP contribution in [0.5, 0.6) is 0 Å². The minimum atomic E-state index is -4.86.